The quantitative estimate of drug-likeness (QED) is 0.815. The van der Waals surface area contributed by atoms with E-state index in [1.807, 2.05) is 13.8 Å². The van der Waals surface area contributed by atoms with Crippen molar-refractivity contribution < 1.29 is 13.2 Å². The van der Waals surface area contributed by atoms with Gasteiger partial charge in [0.15, 0.2) is 0 Å². The zero-order chi connectivity index (χ0) is 13.1. The van der Waals surface area contributed by atoms with Gasteiger partial charge >= 0.3 is 0 Å². The van der Waals surface area contributed by atoms with Gasteiger partial charge in [0.2, 0.25) is 5.91 Å². The van der Waals surface area contributed by atoms with Gasteiger partial charge in [-0.15, -0.1) is 0 Å². The number of benzene rings is 1. The average Bonchev–Trinajstić information content (AvgIpc) is 2.91. The Hall–Kier alpha value is -1.36. The molecule has 5 heteroatoms. The van der Waals surface area contributed by atoms with E-state index in [4.69, 9.17) is 0 Å². The molecule has 3 rings (SSSR count). The summed E-state index contributed by atoms with van der Waals surface area (Å²) in [5.74, 6) is -0.0294. The number of fused-ring (bicyclic) bond motifs is 1. The summed E-state index contributed by atoms with van der Waals surface area (Å²) < 4.78 is 25.8. The zero-order valence-electron chi connectivity index (χ0n) is 10.4. The van der Waals surface area contributed by atoms with E-state index in [0.717, 1.165) is 16.3 Å². The largest absolute Gasteiger partial charge is 0.273 e. The highest BCUT2D eigenvalue weighted by molar-refractivity contribution is 7.89. The summed E-state index contributed by atoms with van der Waals surface area (Å²) >= 11 is 0. The third-order valence-corrected chi connectivity index (χ3v) is 5.88. The first-order valence-electron chi connectivity index (χ1n) is 5.99. The second-order valence-corrected chi connectivity index (χ2v) is 7.34. The Bertz CT molecular complexity index is 620. The van der Waals surface area contributed by atoms with Crippen molar-refractivity contribution in [3.05, 3.63) is 29.8 Å². The summed E-state index contributed by atoms with van der Waals surface area (Å²) in [4.78, 5) is 12.3. The lowest BCUT2D eigenvalue weighted by atomic mass is 10.1. The van der Waals surface area contributed by atoms with Gasteiger partial charge in [-0.1, -0.05) is 24.6 Å². The fourth-order valence-corrected chi connectivity index (χ4v) is 4.13. The molecule has 0 radical (unpaired) electrons. The van der Waals surface area contributed by atoms with Gasteiger partial charge in [0.05, 0.1) is 10.3 Å². The molecule has 1 saturated heterocycles. The number of carbonyl (C=O) groups is 1. The summed E-state index contributed by atoms with van der Waals surface area (Å²) in [6.07, 6.45) is 0.825. The summed E-state index contributed by atoms with van der Waals surface area (Å²) in [6.45, 7) is 4.09. The van der Waals surface area contributed by atoms with E-state index in [0.29, 0.717) is 6.54 Å². The molecule has 96 valence electrons. The number of amides is 1. The van der Waals surface area contributed by atoms with Crippen LogP contribution in [0.4, 0.5) is 0 Å². The molecule has 1 aromatic carbocycles. The first-order valence-corrected chi connectivity index (χ1v) is 7.43. The maximum atomic E-state index is 12.4. The van der Waals surface area contributed by atoms with Crippen LogP contribution in [0.5, 0.6) is 0 Å². The number of hydrogen-bond acceptors (Lipinski definition) is 3. The maximum absolute atomic E-state index is 12.4. The number of aryl methyl sites for hydroxylation is 1. The summed E-state index contributed by atoms with van der Waals surface area (Å²) in [6, 6.07) is 6.61. The van der Waals surface area contributed by atoms with Gasteiger partial charge in [-0.3, -0.25) is 4.79 Å². The van der Waals surface area contributed by atoms with Gasteiger partial charge in [0, 0.05) is 6.54 Å². The van der Waals surface area contributed by atoms with Crippen molar-refractivity contribution in [3.63, 3.8) is 0 Å². The van der Waals surface area contributed by atoms with Crippen LogP contribution in [0.2, 0.25) is 0 Å². The van der Waals surface area contributed by atoms with Crippen LogP contribution >= 0.6 is 0 Å². The monoisotopic (exact) mass is 265 g/mol. The second-order valence-electron chi connectivity index (χ2n) is 5.47. The highest BCUT2D eigenvalue weighted by atomic mass is 32.2. The van der Waals surface area contributed by atoms with Crippen LogP contribution in [-0.2, 0) is 14.8 Å². The van der Waals surface area contributed by atoms with Gasteiger partial charge in [0.1, 0.15) is 0 Å². The minimum Gasteiger partial charge on any atom is -0.273 e. The third-order valence-electron chi connectivity index (χ3n) is 4.12. The molecule has 0 spiro atoms. The van der Waals surface area contributed by atoms with Crippen molar-refractivity contribution >= 4 is 15.9 Å². The average molecular weight is 265 g/mol. The standard InChI is InChI=1S/C13H15NO3S/c1-9-3-5-11(6-4-9)18(16,17)14-8-10-7-13(10,2)12(14)15/h3-6,10H,7-8H2,1-2H3/t10-,13-/m1/s1. The van der Waals surface area contributed by atoms with E-state index in [1.165, 1.54) is 0 Å². The molecule has 2 fully saturated rings. The smallest absolute Gasteiger partial charge is 0.266 e. The fourth-order valence-electron chi connectivity index (χ4n) is 2.59. The van der Waals surface area contributed by atoms with Crippen molar-refractivity contribution in [2.24, 2.45) is 11.3 Å². The molecule has 0 aromatic heterocycles. The van der Waals surface area contributed by atoms with E-state index in [-0.39, 0.29) is 16.7 Å². The Kier molecular flexibility index (Phi) is 2.18. The molecule has 1 heterocycles. The normalized spacial score (nSPS) is 30.4. The minimum atomic E-state index is -3.66. The highest BCUT2D eigenvalue weighted by Gasteiger charge is 2.65. The van der Waals surface area contributed by atoms with Crippen molar-refractivity contribution in [1.29, 1.82) is 0 Å². The Balaban J connectivity index is 1.97. The predicted octanol–water partition coefficient (Wildman–Crippen LogP) is 1.55. The molecule has 0 unspecified atom stereocenters. The molecule has 1 saturated carbocycles. The number of carbonyl (C=O) groups excluding carboxylic acids is 1. The maximum Gasteiger partial charge on any atom is 0.266 e. The van der Waals surface area contributed by atoms with Crippen LogP contribution in [0.15, 0.2) is 29.2 Å². The highest BCUT2D eigenvalue weighted by Crippen LogP contribution is 2.59. The van der Waals surface area contributed by atoms with Crippen LogP contribution in [0.3, 0.4) is 0 Å². The molecule has 1 amide bonds. The number of nitrogens with zero attached hydrogens (tertiary/aromatic N) is 1. The Morgan fingerprint density at radius 2 is 1.89 bits per heavy atom. The summed E-state index contributed by atoms with van der Waals surface area (Å²) in [5.41, 5.74) is 0.578. The van der Waals surface area contributed by atoms with Crippen molar-refractivity contribution in [3.8, 4) is 0 Å². The van der Waals surface area contributed by atoms with Gasteiger partial charge in [-0.25, -0.2) is 12.7 Å². The second kappa shape index (κ2) is 3.35. The van der Waals surface area contributed by atoms with Crippen molar-refractivity contribution in [1.82, 2.24) is 4.31 Å². The fraction of sp³-hybridized carbons (Fsp3) is 0.462. The lowest BCUT2D eigenvalue weighted by molar-refractivity contribution is -0.128. The van der Waals surface area contributed by atoms with Crippen molar-refractivity contribution in [2.45, 2.75) is 25.2 Å². The molecule has 1 aliphatic carbocycles. The molecule has 1 aromatic rings. The topological polar surface area (TPSA) is 54.5 Å². The van der Waals surface area contributed by atoms with Crippen LogP contribution < -0.4 is 0 Å². The lowest BCUT2D eigenvalue weighted by Crippen LogP contribution is -2.36. The van der Waals surface area contributed by atoms with Gasteiger partial charge < -0.3 is 0 Å². The van der Waals surface area contributed by atoms with Gasteiger partial charge in [-0.05, 0) is 31.4 Å². The molecule has 18 heavy (non-hydrogen) atoms. The number of hydrogen-bond donors (Lipinski definition) is 0. The van der Waals surface area contributed by atoms with Crippen LogP contribution in [-0.4, -0.2) is 25.2 Å². The van der Waals surface area contributed by atoms with Crippen LogP contribution in [0.25, 0.3) is 0 Å². The van der Waals surface area contributed by atoms with E-state index in [9.17, 15) is 13.2 Å². The van der Waals surface area contributed by atoms with E-state index < -0.39 is 15.4 Å². The van der Waals surface area contributed by atoms with E-state index in [2.05, 4.69) is 0 Å². The molecule has 4 nitrogen and oxygen atoms in total. The molecule has 0 N–H and O–H groups in total. The molecule has 2 aliphatic rings. The molecule has 1 aliphatic heterocycles. The first kappa shape index (κ1) is 11.7. The molecular formula is C13H15NO3S. The number of rotatable bonds is 2. The van der Waals surface area contributed by atoms with E-state index in [1.54, 1.807) is 24.3 Å². The lowest BCUT2D eigenvalue weighted by Gasteiger charge is -2.19. The zero-order valence-corrected chi connectivity index (χ0v) is 11.2. The summed E-state index contributed by atoms with van der Waals surface area (Å²) in [5, 5.41) is 0. The van der Waals surface area contributed by atoms with Crippen LogP contribution in [0, 0.1) is 18.3 Å². The van der Waals surface area contributed by atoms with Gasteiger partial charge in [0.25, 0.3) is 10.0 Å². The van der Waals surface area contributed by atoms with Crippen molar-refractivity contribution in [2.75, 3.05) is 6.54 Å². The minimum absolute atomic E-state index is 0.200. The Morgan fingerprint density at radius 3 is 2.39 bits per heavy atom. The Labute approximate surface area is 107 Å². The van der Waals surface area contributed by atoms with Gasteiger partial charge in [-0.2, -0.15) is 0 Å². The molecule has 0 bridgehead atoms. The number of sulfonamides is 1. The van der Waals surface area contributed by atoms with Crippen LogP contribution in [0.1, 0.15) is 18.9 Å². The number of piperidine rings is 1. The molecular weight excluding hydrogens is 250 g/mol. The molecule has 2 atom stereocenters. The third kappa shape index (κ3) is 1.43. The Morgan fingerprint density at radius 1 is 1.28 bits per heavy atom. The predicted molar refractivity (Wildman–Crippen MR) is 66.3 cm³/mol. The van der Waals surface area contributed by atoms with E-state index >= 15 is 0 Å². The summed E-state index contributed by atoms with van der Waals surface area (Å²) in [7, 11) is -3.66. The first-order chi connectivity index (χ1) is 8.35. The SMILES string of the molecule is Cc1ccc(S(=O)(=O)N2C[C@H]3C[C@@]3(C)C2=O)cc1.